The Morgan fingerprint density at radius 2 is 1.47 bits per heavy atom. The predicted octanol–water partition coefficient (Wildman–Crippen LogP) is 2.24. The average molecular weight is 457 g/mol. The van der Waals surface area contributed by atoms with Crippen LogP contribution in [0.25, 0.3) is 11.3 Å². The molecule has 0 atom stereocenters. The summed E-state index contributed by atoms with van der Waals surface area (Å²) in [5, 5.41) is 7.03. The third-order valence-electron chi connectivity index (χ3n) is 5.42. The maximum atomic E-state index is 12.9. The van der Waals surface area contributed by atoms with E-state index >= 15 is 0 Å². The second-order valence-corrected chi connectivity index (χ2v) is 9.21. The number of nitrogens with one attached hydrogen (secondary N) is 1. The molecule has 32 heavy (non-hydrogen) atoms. The standard InChI is InChI=1S/C22H24N4O5S/c1-30-17-5-3-16(4-6-17)20-15-21(24-23-20)22(27)25-11-13-26(14-12-25)32(28,29)19-9-7-18(31-2)8-10-19/h3-10,15H,11-14H2,1-2H3,(H,23,24). The molecule has 3 aromatic rings. The van der Waals surface area contributed by atoms with Crippen LogP contribution in [0, 0.1) is 0 Å². The zero-order chi connectivity index (χ0) is 22.7. The highest BCUT2D eigenvalue weighted by molar-refractivity contribution is 7.89. The van der Waals surface area contributed by atoms with Gasteiger partial charge in [-0.2, -0.15) is 9.40 Å². The molecular weight excluding hydrogens is 432 g/mol. The Bertz CT molecular complexity index is 1180. The van der Waals surface area contributed by atoms with Gasteiger partial charge in [-0.1, -0.05) is 0 Å². The predicted molar refractivity (Wildman–Crippen MR) is 118 cm³/mol. The number of methoxy groups -OCH3 is 2. The molecule has 1 N–H and O–H groups in total. The second-order valence-electron chi connectivity index (χ2n) is 7.27. The first-order valence-corrected chi connectivity index (χ1v) is 11.5. The van der Waals surface area contributed by atoms with Crippen LogP contribution in [0.3, 0.4) is 0 Å². The van der Waals surface area contributed by atoms with Gasteiger partial charge in [-0.05, 0) is 54.6 Å². The fourth-order valence-corrected chi connectivity index (χ4v) is 4.96. The van der Waals surface area contributed by atoms with E-state index in [1.807, 2.05) is 24.3 Å². The summed E-state index contributed by atoms with van der Waals surface area (Å²) in [5.41, 5.74) is 1.87. The largest absolute Gasteiger partial charge is 0.497 e. The van der Waals surface area contributed by atoms with Crippen molar-refractivity contribution >= 4 is 15.9 Å². The summed E-state index contributed by atoms with van der Waals surface area (Å²) in [4.78, 5) is 14.7. The summed E-state index contributed by atoms with van der Waals surface area (Å²) >= 11 is 0. The van der Waals surface area contributed by atoms with Gasteiger partial charge in [0.1, 0.15) is 17.2 Å². The van der Waals surface area contributed by atoms with E-state index in [0.29, 0.717) is 30.2 Å². The molecule has 1 aliphatic rings. The van der Waals surface area contributed by atoms with Gasteiger partial charge >= 0.3 is 0 Å². The Balaban J connectivity index is 1.40. The first-order valence-electron chi connectivity index (χ1n) is 10.1. The van der Waals surface area contributed by atoms with Crippen molar-refractivity contribution in [1.82, 2.24) is 19.4 Å². The third-order valence-corrected chi connectivity index (χ3v) is 7.33. The number of amides is 1. The first-order chi connectivity index (χ1) is 15.4. The van der Waals surface area contributed by atoms with Gasteiger partial charge in [0.05, 0.1) is 24.8 Å². The zero-order valence-corrected chi connectivity index (χ0v) is 18.6. The van der Waals surface area contributed by atoms with E-state index < -0.39 is 10.0 Å². The summed E-state index contributed by atoms with van der Waals surface area (Å²) in [6.07, 6.45) is 0. The van der Waals surface area contributed by atoms with Crippen LogP contribution in [0.2, 0.25) is 0 Å². The second kappa shape index (κ2) is 9.01. The van der Waals surface area contributed by atoms with E-state index in [2.05, 4.69) is 10.2 Å². The fourth-order valence-electron chi connectivity index (χ4n) is 3.54. The highest BCUT2D eigenvalue weighted by atomic mass is 32.2. The van der Waals surface area contributed by atoms with Gasteiger partial charge in [-0.25, -0.2) is 8.42 Å². The molecule has 1 saturated heterocycles. The molecule has 1 aliphatic heterocycles. The normalized spacial score (nSPS) is 14.9. The fraction of sp³-hybridized carbons (Fsp3) is 0.273. The number of aromatic nitrogens is 2. The average Bonchev–Trinajstić information content (AvgIpc) is 3.34. The molecule has 9 nitrogen and oxygen atoms in total. The molecule has 1 amide bonds. The molecule has 10 heteroatoms. The Kier molecular flexibility index (Phi) is 6.15. The topological polar surface area (TPSA) is 105 Å². The number of sulfonamides is 1. The van der Waals surface area contributed by atoms with Crippen LogP contribution in [0.5, 0.6) is 11.5 Å². The minimum absolute atomic E-state index is 0.204. The minimum Gasteiger partial charge on any atom is -0.497 e. The molecular formula is C22H24N4O5S. The van der Waals surface area contributed by atoms with Gasteiger partial charge in [0.25, 0.3) is 5.91 Å². The highest BCUT2D eigenvalue weighted by Gasteiger charge is 2.31. The van der Waals surface area contributed by atoms with E-state index in [1.165, 1.54) is 23.5 Å². The number of aromatic amines is 1. The van der Waals surface area contributed by atoms with Crippen LogP contribution >= 0.6 is 0 Å². The van der Waals surface area contributed by atoms with Crippen molar-refractivity contribution in [3.8, 4) is 22.8 Å². The lowest BCUT2D eigenvalue weighted by Crippen LogP contribution is -2.50. The molecule has 0 saturated carbocycles. The Labute approximate surface area is 186 Å². The monoisotopic (exact) mass is 456 g/mol. The van der Waals surface area contributed by atoms with Crippen LogP contribution in [0.1, 0.15) is 10.5 Å². The van der Waals surface area contributed by atoms with Crippen LogP contribution < -0.4 is 9.47 Å². The number of H-pyrrole nitrogens is 1. The summed E-state index contributed by atoms with van der Waals surface area (Å²) < 4.78 is 37.4. The zero-order valence-electron chi connectivity index (χ0n) is 17.8. The van der Waals surface area contributed by atoms with Crippen molar-refractivity contribution in [3.05, 3.63) is 60.3 Å². The minimum atomic E-state index is -3.63. The van der Waals surface area contributed by atoms with E-state index in [-0.39, 0.29) is 23.9 Å². The lowest BCUT2D eigenvalue weighted by atomic mass is 10.1. The molecule has 2 heterocycles. The number of hydrogen-bond acceptors (Lipinski definition) is 6. The number of carbonyl (C=O) groups excluding carboxylic acids is 1. The van der Waals surface area contributed by atoms with Crippen LogP contribution in [0.15, 0.2) is 59.5 Å². The summed E-state index contributed by atoms with van der Waals surface area (Å²) in [7, 11) is -0.502. The SMILES string of the molecule is COc1ccc(-c2cc(C(=O)N3CCN(S(=O)(=O)c4ccc(OC)cc4)CC3)[nH]n2)cc1. The Morgan fingerprint density at radius 1 is 0.906 bits per heavy atom. The summed E-state index contributed by atoms with van der Waals surface area (Å²) in [6, 6.07) is 15.4. The molecule has 2 aromatic carbocycles. The number of rotatable bonds is 6. The smallest absolute Gasteiger partial charge is 0.271 e. The number of benzene rings is 2. The van der Waals surface area contributed by atoms with Crippen LogP contribution in [-0.2, 0) is 10.0 Å². The molecule has 0 unspecified atom stereocenters. The van der Waals surface area contributed by atoms with Crippen LogP contribution in [-0.4, -0.2) is 74.1 Å². The quantitative estimate of drug-likeness (QED) is 0.610. The summed E-state index contributed by atoms with van der Waals surface area (Å²) in [5.74, 6) is 1.12. The van der Waals surface area contributed by atoms with Gasteiger partial charge in [-0.15, -0.1) is 0 Å². The first kappa shape index (κ1) is 21.8. The molecule has 4 rings (SSSR count). The molecule has 0 spiro atoms. The molecule has 1 aromatic heterocycles. The van der Waals surface area contributed by atoms with Crippen LogP contribution in [0.4, 0.5) is 0 Å². The van der Waals surface area contributed by atoms with Gasteiger partial charge < -0.3 is 14.4 Å². The maximum Gasteiger partial charge on any atom is 0.271 e. The van der Waals surface area contributed by atoms with Crippen molar-refractivity contribution in [3.63, 3.8) is 0 Å². The molecule has 1 fully saturated rings. The van der Waals surface area contributed by atoms with Gasteiger partial charge in [0.15, 0.2) is 0 Å². The van der Waals surface area contributed by atoms with Crippen molar-refractivity contribution in [2.24, 2.45) is 0 Å². The van der Waals surface area contributed by atoms with Crippen molar-refractivity contribution in [1.29, 1.82) is 0 Å². The maximum absolute atomic E-state index is 12.9. The summed E-state index contributed by atoms with van der Waals surface area (Å²) in [6.45, 7) is 1.04. The Hall–Kier alpha value is -3.37. The highest BCUT2D eigenvalue weighted by Crippen LogP contribution is 2.23. The van der Waals surface area contributed by atoms with E-state index in [4.69, 9.17) is 9.47 Å². The van der Waals surface area contributed by atoms with E-state index in [1.54, 1.807) is 30.2 Å². The molecule has 0 radical (unpaired) electrons. The van der Waals surface area contributed by atoms with Gasteiger partial charge in [0.2, 0.25) is 10.0 Å². The number of hydrogen-bond donors (Lipinski definition) is 1. The van der Waals surface area contributed by atoms with Crippen molar-refractivity contribution < 1.29 is 22.7 Å². The Morgan fingerprint density at radius 3 is 2.03 bits per heavy atom. The lowest BCUT2D eigenvalue weighted by Gasteiger charge is -2.33. The van der Waals surface area contributed by atoms with Gasteiger partial charge in [0, 0.05) is 31.7 Å². The molecule has 168 valence electrons. The molecule has 0 bridgehead atoms. The van der Waals surface area contributed by atoms with E-state index in [9.17, 15) is 13.2 Å². The number of carbonyl (C=O) groups is 1. The number of ether oxygens (including phenoxy) is 2. The lowest BCUT2D eigenvalue weighted by molar-refractivity contribution is 0.0692. The van der Waals surface area contributed by atoms with Crippen molar-refractivity contribution in [2.75, 3.05) is 40.4 Å². The van der Waals surface area contributed by atoms with E-state index in [0.717, 1.165) is 11.3 Å². The molecule has 0 aliphatic carbocycles. The number of piperazine rings is 1. The van der Waals surface area contributed by atoms with Crippen molar-refractivity contribution in [2.45, 2.75) is 4.90 Å². The van der Waals surface area contributed by atoms with Gasteiger partial charge in [-0.3, -0.25) is 9.89 Å². The number of nitrogens with zero attached hydrogens (tertiary/aromatic N) is 3. The third kappa shape index (κ3) is 4.32.